The molecular weight excluding hydrogens is 250 g/mol. The van der Waals surface area contributed by atoms with Crippen molar-refractivity contribution in [2.75, 3.05) is 24.6 Å². The van der Waals surface area contributed by atoms with E-state index in [1.807, 2.05) is 4.90 Å². The van der Waals surface area contributed by atoms with Gasteiger partial charge in [-0.25, -0.2) is 8.42 Å². The second-order valence-electron chi connectivity index (χ2n) is 5.62. The number of hydrogen-bond donors (Lipinski definition) is 0. The summed E-state index contributed by atoms with van der Waals surface area (Å²) in [4.78, 5) is 14.1. The fourth-order valence-electron chi connectivity index (χ4n) is 2.97. The van der Waals surface area contributed by atoms with E-state index in [2.05, 4.69) is 0 Å². The van der Waals surface area contributed by atoms with Crippen LogP contribution in [0.1, 0.15) is 44.9 Å². The van der Waals surface area contributed by atoms with Crippen LogP contribution in [-0.2, 0) is 14.6 Å². The fraction of sp³-hybridized carbons (Fsp3) is 0.923. The zero-order chi connectivity index (χ0) is 13.0. The standard InChI is InChI=1S/C13H23NO3S/c15-13(14-7-3-1-2-4-8-14)10-12-6-5-9-18(16,17)11-12/h12H,1-11H2. The lowest BCUT2D eigenvalue weighted by molar-refractivity contribution is -0.132. The maximum Gasteiger partial charge on any atom is 0.222 e. The lowest BCUT2D eigenvalue weighted by Gasteiger charge is -2.25. The second kappa shape index (κ2) is 6.04. The molecule has 0 radical (unpaired) electrons. The van der Waals surface area contributed by atoms with Gasteiger partial charge in [0.1, 0.15) is 0 Å². The van der Waals surface area contributed by atoms with Gasteiger partial charge in [0.25, 0.3) is 0 Å². The largest absolute Gasteiger partial charge is 0.343 e. The number of rotatable bonds is 2. The van der Waals surface area contributed by atoms with Crippen LogP contribution in [0.15, 0.2) is 0 Å². The molecule has 2 aliphatic heterocycles. The van der Waals surface area contributed by atoms with Gasteiger partial charge in [-0.1, -0.05) is 12.8 Å². The lowest BCUT2D eigenvalue weighted by atomic mass is 10.0. The fourth-order valence-corrected chi connectivity index (χ4v) is 4.75. The summed E-state index contributed by atoms with van der Waals surface area (Å²) in [7, 11) is -2.89. The summed E-state index contributed by atoms with van der Waals surface area (Å²) in [6.45, 7) is 1.72. The van der Waals surface area contributed by atoms with Gasteiger partial charge in [0.2, 0.25) is 5.91 Å². The zero-order valence-corrected chi connectivity index (χ0v) is 11.8. The number of likely N-dealkylation sites (tertiary alicyclic amines) is 1. The van der Waals surface area contributed by atoms with Crippen molar-refractivity contribution >= 4 is 15.7 Å². The summed E-state index contributed by atoms with van der Waals surface area (Å²) < 4.78 is 23.1. The second-order valence-corrected chi connectivity index (χ2v) is 7.85. The normalized spacial score (nSPS) is 28.7. The van der Waals surface area contributed by atoms with Gasteiger partial charge in [0.15, 0.2) is 9.84 Å². The molecule has 2 heterocycles. The number of carbonyl (C=O) groups is 1. The third-order valence-electron chi connectivity index (χ3n) is 3.98. The first-order valence-corrected chi connectivity index (χ1v) is 8.87. The van der Waals surface area contributed by atoms with Crippen molar-refractivity contribution in [2.24, 2.45) is 5.92 Å². The van der Waals surface area contributed by atoms with E-state index in [1.165, 1.54) is 12.8 Å². The van der Waals surface area contributed by atoms with Crippen LogP contribution >= 0.6 is 0 Å². The highest BCUT2D eigenvalue weighted by atomic mass is 32.2. The van der Waals surface area contributed by atoms with E-state index in [-0.39, 0.29) is 17.6 Å². The molecule has 0 aromatic heterocycles. The third kappa shape index (κ3) is 3.97. The molecule has 0 bridgehead atoms. The van der Waals surface area contributed by atoms with Crippen LogP contribution < -0.4 is 0 Å². The molecule has 0 aromatic rings. The summed E-state index contributed by atoms with van der Waals surface area (Å²) in [5.74, 6) is 0.743. The number of hydrogen-bond acceptors (Lipinski definition) is 3. The van der Waals surface area contributed by atoms with Gasteiger partial charge in [-0.15, -0.1) is 0 Å². The first-order chi connectivity index (χ1) is 8.57. The van der Waals surface area contributed by atoms with E-state index in [4.69, 9.17) is 0 Å². The summed E-state index contributed by atoms with van der Waals surface area (Å²) >= 11 is 0. The Morgan fingerprint density at radius 2 is 1.72 bits per heavy atom. The summed E-state index contributed by atoms with van der Waals surface area (Å²) in [6.07, 6.45) is 6.64. The van der Waals surface area contributed by atoms with Gasteiger partial charge in [-0.2, -0.15) is 0 Å². The molecular formula is C13H23NO3S. The Morgan fingerprint density at radius 3 is 2.33 bits per heavy atom. The third-order valence-corrected chi connectivity index (χ3v) is 5.87. The Hall–Kier alpha value is -0.580. The predicted octanol–water partition coefficient (Wildman–Crippen LogP) is 1.60. The molecule has 1 atom stereocenters. The molecule has 2 aliphatic rings. The monoisotopic (exact) mass is 273 g/mol. The first kappa shape index (κ1) is 13.8. The lowest BCUT2D eigenvalue weighted by Crippen LogP contribution is -2.35. The molecule has 0 N–H and O–H groups in total. The van der Waals surface area contributed by atoms with E-state index >= 15 is 0 Å². The molecule has 0 spiro atoms. The predicted molar refractivity (Wildman–Crippen MR) is 71.0 cm³/mol. The molecule has 0 aliphatic carbocycles. The number of amides is 1. The average Bonchev–Trinajstić information content (AvgIpc) is 2.55. The van der Waals surface area contributed by atoms with Crippen LogP contribution in [0, 0.1) is 5.92 Å². The zero-order valence-electron chi connectivity index (χ0n) is 10.9. The van der Waals surface area contributed by atoms with Crippen molar-refractivity contribution in [3.05, 3.63) is 0 Å². The highest BCUT2D eigenvalue weighted by molar-refractivity contribution is 7.91. The summed E-state index contributed by atoms with van der Waals surface area (Å²) in [5.41, 5.74) is 0. The average molecular weight is 273 g/mol. The number of sulfone groups is 1. The number of nitrogens with zero attached hydrogens (tertiary/aromatic N) is 1. The van der Waals surface area contributed by atoms with E-state index in [0.29, 0.717) is 12.2 Å². The Labute approximate surface area is 110 Å². The summed E-state index contributed by atoms with van der Waals surface area (Å²) in [5, 5.41) is 0. The van der Waals surface area contributed by atoms with Crippen LogP contribution in [0.4, 0.5) is 0 Å². The van der Waals surface area contributed by atoms with Crippen LogP contribution in [0.3, 0.4) is 0 Å². The maximum absolute atomic E-state index is 12.2. The molecule has 5 heteroatoms. The van der Waals surface area contributed by atoms with Crippen molar-refractivity contribution in [2.45, 2.75) is 44.9 Å². The molecule has 0 saturated carbocycles. The van der Waals surface area contributed by atoms with E-state index in [1.54, 1.807) is 0 Å². The van der Waals surface area contributed by atoms with Gasteiger partial charge < -0.3 is 4.90 Å². The molecule has 4 nitrogen and oxygen atoms in total. The van der Waals surface area contributed by atoms with Crippen molar-refractivity contribution in [1.29, 1.82) is 0 Å². The molecule has 1 unspecified atom stereocenters. The quantitative estimate of drug-likeness (QED) is 0.768. The molecule has 2 rings (SSSR count). The molecule has 104 valence electrons. The van der Waals surface area contributed by atoms with E-state index in [9.17, 15) is 13.2 Å². The summed E-state index contributed by atoms with van der Waals surface area (Å²) in [6, 6.07) is 0. The highest BCUT2D eigenvalue weighted by Crippen LogP contribution is 2.22. The molecule has 18 heavy (non-hydrogen) atoms. The van der Waals surface area contributed by atoms with Crippen LogP contribution in [0.25, 0.3) is 0 Å². The topological polar surface area (TPSA) is 54.5 Å². The van der Waals surface area contributed by atoms with Crippen LogP contribution in [-0.4, -0.2) is 43.8 Å². The SMILES string of the molecule is O=C(CC1CCCS(=O)(=O)C1)N1CCCCCC1. The molecule has 2 saturated heterocycles. The Balaban J connectivity index is 1.86. The number of carbonyl (C=O) groups excluding carboxylic acids is 1. The Bertz CT molecular complexity index is 383. The van der Waals surface area contributed by atoms with Crippen molar-refractivity contribution in [1.82, 2.24) is 4.90 Å². The van der Waals surface area contributed by atoms with Crippen molar-refractivity contribution in [3.8, 4) is 0 Å². The minimum atomic E-state index is -2.89. The van der Waals surface area contributed by atoms with E-state index in [0.717, 1.165) is 38.8 Å². The van der Waals surface area contributed by atoms with Crippen LogP contribution in [0.5, 0.6) is 0 Å². The Morgan fingerprint density at radius 1 is 1.06 bits per heavy atom. The maximum atomic E-state index is 12.2. The molecule has 1 amide bonds. The highest BCUT2D eigenvalue weighted by Gasteiger charge is 2.28. The van der Waals surface area contributed by atoms with Gasteiger partial charge in [0.05, 0.1) is 11.5 Å². The van der Waals surface area contributed by atoms with E-state index < -0.39 is 9.84 Å². The van der Waals surface area contributed by atoms with Crippen molar-refractivity contribution < 1.29 is 13.2 Å². The van der Waals surface area contributed by atoms with Crippen LogP contribution in [0.2, 0.25) is 0 Å². The van der Waals surface area contributed by atoms with Gasteiger partial charge in [0, 0.05) is 19.5 Å². The minimum Gasteiger partial charge on any atom is -0.343 e. The molecule has 2 fully saturated rings. The first-order valence-electron chi connectivity index (χ1n) is 7.05. The Kier molecular flexibility index (Phi) is 4.65. The minimum absolute atomic E-state index is 0.0551. The van der Waals surface area contributed by atoms with Crippen molar-refractivity contribution in [3.63, 3.8) is 0 Å². The molecule has 0 aromatic carbocycles. The van der Waals surface area contributed by atoms with Gasteiger partial charge in [-0.3, -0.25) is 4.79 Å². The van der Waals surface area contributed by atoms with Gasteiger partial charge in [-0.05, 0) is 31.6 Å². The smallest absolute Gasteiger partial charge is 0.222 e. The van der Waals surface area contributed by atoms with Gasteiger partial charge >= 0.3 is 0 Å².